The topological polar surface area (TPSA) is 46.5 Å². The Balaban J connectivity index is 4.26. The van der Waals surface area contributed by atoms with Gasteiger partial charge in [-0.1, -0.05) is 0 Å². The summed E-state index contributed by atoms with van der Waals surface area (Å²) in [7, 11) is 1.49. The van der Waals surface area contributed by atoms with E-state index in [9.17, 15) is 4.79 Å². The average molecular weight is 156 g/mol. The molecular weight excluding hydrogens is 144 g/mol. The molecule has 0 unspecified atom stereocenters. The summed E-state index contributed by atoms with van der Waals surface area (Å²) < 4.78 is 4.75. The number of aliphatic hydroxyl groups is 1. The standard InChI is InChI=1S/C8H12O3/c1-6(9)4-8(10)5-7(2)11-3/h4-5,10H,1-3H3/b7-5?,8-4+. The zero-order valence-corrected chi connectivity index (χ0v) is 6.92. The van der Waals surface area contributed by atoms with Gasteiger partial charge < -0.3 is 9.84 Å². The predicted octanol–water partition coefficient (Wildman–Crippen LogP) is 1.57. The molecule has 0 atom stereocenters. The molecule has 0 saturated heterocycles. The van der Waals surface area contributed by atoms with E-state index >= 15 is 0 Å². The second-order valence-electron chi connectivity index (χ2n) is 2.14. The van der Waals surface area contributed by atoms with Crippen LogP contribution >= 0.6 is 0 Å². The van der Waals surface area contributed by atoms with Crippen molar-refractivity contribution in [1.29, 1.82) is 0 Å². The van der Waals surface area contributed by atoms with Crippen LogP contribution in [-0.4, -0.2) is 18.0 Å². The van der Waals surface area contributed by atoms with Gasteiger partial charge in [0.2, 0.25) is 0 Å². The molecule has 0 amide bonds. The van der Waals surface area contributed by atoms with Crippen LogP contribution in [0.3, 0.4) is 0 Å². The van der Waals surface area contributed by atoms with Crippen LogP contribution in [0.25, 0.3) is 0 Å². The Morgan fingerprint density at radius 2 is 1.91 bits per heavy atom. The molecule has 0 fully saturated rings. The van der Waals surface area contributed by atoms with Crippen molar-refractivity contribution in [3.63, 3.8) is 0 Å². The Morgan fingerprint density at radius 3 is 2.27 bits per heavy atom. The third kappa shape index (κ3) is 5.21. The number of rotatable bonds is 3. The molecule has 62 valence electrons. The molecule has 0 aliphatic heterocycles. The van der Waals surface area contributed by atoms with Crippen LogP contribution < -0.4 is 0 Å². The lowest BCUT2D eigenvalue weighted by Gasteiger charge is -1.96. The molecule has 0 aromatic rings. The Hall–Kier alpha value is -1.25. The summed E-state index contributed by atoms with van der Waals surface area (Å²) in [5.41, 5.74) is 0. The maximum atomic E-state index is 10.4. The van der Waals surface area contributed by atoms with Crippen LogP contribution in [0.2, 0.25) is 0 Å². The predicted molar refractivity (Wildman–Crippen MR) is 42.2 cm³/mol. The SMILES string of the molecule is COC(C)=C/C(O)=C\C(C)=O. The normalized spacial score (nSPS) is 13.0. The molecule has 0 aliphatic carbocycles. The molecule has 0 radical (unpaired) electrons. The summed E-state index contributed by atoms with van der Waals surface area (Å²) in [5.74, 6) is 0.277. The number of hydrogen-bond acceptors (Lipinski definition) is 3. The zero-order chi connectivity index (χ0) is 8.85. The first-order valence-electron chi connectivity index (χ1n) is 3.19. The third-order valence-corrected chi connectivity index (χ3v) is 1.02. The van der Waals surface area contributed by atoms with Crippen LogP contribution in [0.5, 0.6) is 0 Å². The number of ether oxygens (including phenoxy) is 1. The number of allylic oxidation sites excluding steroid dienone is 3. The Labute approximate surface area is 66.0 Å². The molecule has 0 aliphatic rings. The number of aliphatic hydroxyl groups excluding tert-OH is 1. The van der Waals surface area contributed by atoms with E-state index in [4.69, 9.17) is 9.84 Å². The second-order valence-corrected chi connectivity index (χ2v) is 2.14. The first-order valence-corrected chi connectivity index (χ1v) is 3.19. The Kier molecular flexibility index (Phi) is 4.03. The van der Waals surface area contributed by atoms with Crippen molar-refractivity contribution in [3.05, 3.63) is 23.7 Å². The Bertz CT molecular complexity index is 201. The number of hydrogen-bond donors (Lipinski definition) is 1. The summed E-state index contributed by atoms with van der Waals surface area (Å²) in [5, 5.41) is 9.01. The molecule has 0 bridgehead atoms. The zero-order valence-electron chi connectivity index (χ0n) is 6.92. The lowest BCUT2D eigenvalue weighted by molar-refractivity contribution is -0.112. The van der Waals surface area contributed by atoms with Crippen molar-refractivity contribution in [2.45, 2.75) is 13.8 Å². The fourth-order valence-electron chi connectivity index (χ4n) is 0.517. The lowest BCUT2D eigenvalue weighted by Crippen LogP contribution is -1.87. The van der Waals surface area contributed by atoms with Crippen LogP contribution in [0.1, 0.15) is 13.8 Å². The Morgan fingerprint density at radius 1 is 1.36 bits per heavy atom. The first-order chi connectivity index (χ1) is 5.06. The van der Waals surface area contributed by atoms with Crippen molar-refractivity contribution in [3.8, 4) is 0 Å². The molecule has 0 aromatic carbocycles. The van der Waals surface area contributed by atoms with E-state index in [2.05, 4.69) is 0 Å². The van der Waals surface area contributed by atoms with Crippen molar-refractivity contribution < 1.29 is 14.6 Å². The van der Waals surface area contributed by atoms with Gasteiger partial charge in [-0.25, -0.2) is 0 Å². The largest absolute Gasteiger partial charge is 0.508 e. The number of methoxy groups -OCH3 is 1. The minimum absolute atomic E-state index is 0.0862. The summed E-state index contributed by atoms with van der Waals surface area (Å²) in [6.07, 6.45) is 2.50. The van der Waals surface area contributed by atoms with E-state index in [0.717, 1.165) is 6.08 Å². The van der Waals surface area contributed by atoms with Crippen LogP contribution in [0.4, 0.5) is 0 Å². The van der Waals surface area contributed by atoms with Crippen LogP contribution in [0, 0.1) is 0 Å². The highest BCUT2D eigenvalue weighted by Gasteiger charge is 1.92. The molecule has 0 aromatic heterocycles. The second kappa shape index (κ2) is 4.55. The van der Waals surface area contributed by atoms with Gasteiger partial charge in [-0.05, 0) is 13.8 Å². The van der Waals surface area contributed by atoms with Gasteiger partial charge in [0.1, 0.15) is 5.76 Å². The van der Waals surface area contributed by atoms with Crippen molar-refractivity contribution >= 4 is 5.78 Å². The van der Waals surface area contributed by atoms with Gasteiger partial charge in [-0.15, -0.1) is 0 Å². The molecule has 3 nitrogen and oxygen atoms in total. The van der Waals surface area contributed by atoms with E-state index in [1.165, 1.54) is 20.1 Å². The minimum Gasteiger partial charge on any atom is -0.508 e. The lowest BCUT2D eigenvalue weighted by atomic mass is 10.3. The summed E-state index contributed by atoms with van der Waals surface area (Å²) >= 11 is 0. The number of carbonyl (C=O) groups is 1. The van der Waals surface area contributed by atoms with E-state index in [0.29, 0.717) is 5.76 Å². The highest BCUT2D eigenvalue weighted by molar-refractivity contribution is 5.87. The molecule has 3 heteroatoms. The minimum atomic E-state index is -0.192. The fourth-order valence-corrected chi connectivity index (χ4v) is 0.517. The summed E-state index contributed by atoms with van der Waals surface area (Å²) in [6.45, 7) is 3.05. The highest BCUT2D eigenvalue weighted by atomic mass is 16.5. The monoisotopic (exact) mass is 156 g/mol. The number of ketones is 1. The fraction of sp³-hybridized carbons (Fsp3) is 0.375. The van der Waals surface area contributed by atoms with Crippen molar-refractivity contribution in [1.82, 2.24) is 0 Å². The van der Waals surface area contributed by atoms with Gasteiger partial charge in [0.15, 0.2) is 5.78 Å². The summed E-state index contributed by atoms with van der Waals surface area (Å²) in [6, 6.07) is 0. The van der Waals surface area contributed by atoms with E-state index in [-0.39, 0.29) is 11.5 Å². The van der Waals surface area contributed by atoms with Crippen LogP contribution in [0.15, 0.2) is 23.7 Å². The van der Waals surface area contributed by atoms with Gasteiger partial charge >= 0.3 is 0 Å². The van der Waals surface area contributed by atoms with E-state index in [1.54, 1.807) is 6.92 Å². The molecule has 0 rings (SSSR count). The quantitative estimate of drug-likeness (QED) is 0.383. The maximum absolute atomic E-state index is 10.4. The van der Waals surface area contributed by atoms with Crippen molar-refractivity contribution in [2.24, 2.45) is 0 Å². The van der Waals surface area contributed by atoms with Crippen LogP contribution in [-0.2, 0) is 9.53 Å². The average Bonchev–Trinajstić information content (AvgIpc) is 1.85. The molecule has 0 heterocycles. The van der Waals surface area contributed by atoms with Gasteiger partial charge in [0.05, 0.1) is 12.9 Å². The maximum Gasteiger partial charge on any atom is 0.156 e. The molecule has 0 spiro atoms. The molecule has 1 N–H and O–H groups in total. The molecule has 11 heavy (non-hydrogen) atoms. The van der Waals surface area contributed by atoms with Gasteiger partial charge in [0, 0.05) is 12.2 Å². The van der Waals surface area contributed by atoms with E-state index < -0.39 is 0 Å². The van der Waals surface area contributed by atoms with Crippen molar-refractivity contribution in [2.75, 3.05) is 7.11 Å². The third-order valence-electron chi connectivity index (χ3n) is 1.02. The first kappa shape index (κ1) is 9.75. The van der Waals surface area contributed by atoms with Gasteiger partial charge in [-0.2, -0.15) is 0 Å². The highest BCUT2D eigenvalue weighted by Crippen LogP contribution is 1.98. The van der Waals surface area contributed by atoms with Gasteiger partial charge in [0.25, 0.3) is 0 Å². The smallest absolute Gasteiger partial charge is 0.156 e. The molecular formula is C8H12O3. The summed E-state index contributed by atoms with van der Waals surface area (Å²) in [4.78, 5) is 10.4. The van der Waals surface area contributed by atoms with E-state index in [1.807, 2.05) is 0 Å². The molecule has 0 saturated carbocycles. The number of carbonyl (C=O) groups excluding carboxylic acids is 1. The van der Waals surface area contributed by atoms with Gasteiger partial charge in [-0.3, -0.25) is 4.79 Å².